The van der Waals surface area contributed by atoms with Gasteiger partial charge in [-0.15, -0.1) is 0 Å². The molecular formula is C31H56N2O8P+. The van der Waals surface area contributed by atoms with Crippen molar-refractivity contribution in [1.82, 2.24) is 5.32 Å². The molecule has 10 nitrogen and oxygen atoms in total. The van der Waals surface area contributed by atoms with E-state index >= 15 is 0 Å². The Labute approximate surface area is 254 Å². The molecule has 0 aliphatic heterocycles. The standard InChI is InChI=1S/C31H55N2O8P/c1-5-6-7-8-9-10-11-12-13-14-15-16-17-18-19-20-21-23-30(34)32-24-28-39-31(35)38-26-22-27-40-42(36,37)41-29-25-33(2,3)4/h9-10,12-13,15-16,18-19H,5-8,11,14,17,20-29H2,1-4H3,(H-,32,34,36,37)/p+1/b10-9-,13-12-,16-15-,19-18-. The van der Waals surface area contributed by atoms with E-state index in [1.165, 1.54) is 25.7 Å². The van der Waals surface area contributed by atoms with Crippen LogP contribution in [0.15, 0.2) is 48.6 Å². The molecule has 1 amide bonds. The van der Waals surface area contributed by atoms with E-state index in [-0.39, 0.29) is 45.3 Å². The maximum Gasteiger partial charge on any atom is 0.508 e. The van der Waals surface area contributed by atoms with Crippen LogP contribution in [-0.4, -0.2) is 82.1 Å². The molecule has 0 aromatic rings. The third-order valence-corrected chi connectivity index (χ3v) is 6.67. The van der Waals surface area contributed by atoms with Crippen molar-refractivity contribution in [3.8, 4) is 0 Å². The molecule has 0 spiro atoms. The summed E-state index contributed by atoms with van der Waals surface area (Å²) in [5.74, 6) is -0.0999. The zero-order valence-corrected chi connectivity index (χ0v) is 27.2. The molecule has 0 radical (unpaired) electrons. The summed E-state index contributed by atoms with van der Waals surface area (Å²) in [6, 6.07) is 0. The number of hydrogen-bond acceptors (Lipinski definition) is 7. The number of rotatable bonds is 26. The zero-order valence-electron chi connectivity index (χ0n) is 26.3. The van der Waals surface area contributed by atoms with E-state index in [9.17, 15) is 19.0 Å². The van der Waals surface area contributed by atoms with Crippen molar-refractivity contribution in [2.45, 2.75) is 77.6 Å². The summed E-state index contributed by atoms with van der Waals surface area (Å²) < 4.78 is 31.9. The number of ether oxygens (including phenoxy) is 2. The summed E-state index contributed by atoms with van der Waals surface area (Å²) in [5.41, 5.74) is 0. The number of nitrogens with one attached hydrogen (secondary N) is 1. The molecule has 0 saturated carbocycles. The van der Waals surface area contributed by atoms with Crippen LogP contribution in [0.4, 0.5) is 4.79 Å². The molecule has 1 unspecified atom stereocenters. The average molecular weight is 616 g/mol. The highest BCUT2D eigenvalue weighted by atomic mass is 31.2. The quantitative estimate of drug-likeness (QED) is 0.0366. The molecule has 0 bridgehead atoms. The monoisotopic (exact) mass is 615 g/mol. The van der Waals surface area contributed by atoms with Crippen molar-refractivity contribution in [3.05, 3.63) is 48.6 Å². The van der Waals surface area contributed by atoms with Gasteiger partial charge in [-0.05, 0) is 44.9 Å². The SMILES string of the molecule is CCCCC/C=C\C/C=C\C/C=C\C/C=C\CCCC(=O)NCCOC(=O)OCCCOP(=O)(O)OCC[N+](C)(C)C. The average Bonchev–Trinajstić information content (AvgIpc) is 2.91. The van der Waals surface area contributed by atoms with Crippen molar-refractivity contribution in [2.24, 2.45) is 0 Å². The second-order valence-electron chi connectivity index (χ2n) is 10.8. The summed E-state index contributed by atoms with van der Waals surface area (Å²) in [5, 5.41) is 2.70. The molecule has 0 aromatic heterocycles. The third kappa shape index (κ3) is 30.7. The molecule has 42 heavy (non-hydrogen) atoms. The van der Waals surface area contributed by atoms with Crippen LogP contribution in [0.3, 0.4) is 0 Å². The minimum Gasteiger partial charge on any atom is -0.434 e. The number of carbonyl (C=O) groups is 2. The molecule has 0 fully saturated rings. The van der Waals surface area contributed by atoms with Crippen LogP contribution in [0.25, 0.3) is 0 Å². The molecule has 0 rings (SSSR count). The van der Waals surface area contributed by atoms with Crippen LogP contribution in [0, 0.1) is 0 Å². The molecule has 2 N–H and O–H groups in total. The van der Waals surface area contributed by atoms with E-state index < -0.39 is 14.0 Å². The van der Waals surface area contributed by atoms with E-state index in [0.29, 0.717) is 17.4 Å². The smallest absolute Gasteiger partial charge is 0.434 e. The van der Waals surface area contributed by atoms with Gasteiger partial charge in [0.1, 0.15) is 19.8 Å². The number of unbranched alkanes of at least 4 members (excludes halogenated alkanes) is 4. The number of phosphoric acid groups is 1. The highest BCUT2D eigenvalue weighted by Gasteiger charge is 2.22. The van der Waals surface area contributed by atoms with Crippen LogP contribution in [-0.2, 0) is 27.9 Å². The Morgan fingerprint density at radius 3 is 1.88 bits per heavy atom. The van der Waals surface area contributed by atoms with Gasteiger partial charge in [0, 0.05) is 12.8 Å². The fourth-order valence-corrected chi connectivity index (χ4v) is 4.00. The van der Waals surface area contributed by atoms with E-state index in [1.807, 2.05) is 21.1 Å². The first-order chi connectivity index (χ1) is 20.1. The normalized spacial score (nSPS) is 13.8. The Balaban J connectivity index is 3.64. The van der Waals surface area contributed by atoms with Gasteiger partial charge in [-0.25, -0.2) is 9.36 Å². The molecule has 0 aliphatic rings. The fourth-order valence-electron chi connectivity index (χ4n) is 3.26. The maximum absolute atomic E-state index is 11.9. The highest BCUT2D eigenvalue weighted by Crippen LogP contribution is 2.43. The molecule has 242 valence electrons. The number of phosphoric ester groups is 1. The largest absolute Gasteiger partial charge is 0.508 e. The number of quaternary nitrogens is 1. The Hall–Kier alpha value is -2.23. The Kier molecular flexibility index (Phi) is 25.0. The first-order valence-corrected chi connectivity index (χ1v) is 16.6. The summed E-state index contributed by atoms with van der Waals surface area (Å²) in [4.78, 5) is 33.1. The van der Waals surface area contributed by atoms with Gasteiger partial charge in [-0.1, -0.05) is 68.4 Å². The molecule has 0 heterocycles. The zero-order chi connectivity index (χ0) is 31.4. The minimum absolute atomic E-state index is 0.00971. The van der Waals surface area contributed by atoms with Crippen LogP contribution in [0.1, 0.15) is 77.6 Å². The van der Waals surface area contributed by atoms with E-state index in [1.54, 1.807) is 0 Å². The first kappa shape index (κ1) is 39.8. The molecule has 0 aromatic carbocycles. The van der Waals surface area contributed by atoms with Gasteiger partial charge in [-0.3, -0.25) is 13.8 Å². The summed E-state index contributed by atoms with van der Waals surface area (Å²) >= 11 is 0. The molecule has 11 heteroatoms. The number of nitrogens with zero attached hydrogens (tertiary/aromatic N) is 1. The van der Waals surface area contributed by atoms with Crippen LogP contribution in [0.5, 0.6) is 0 Å². The summed E-state index contributed by atoms with van der Waals surface area (Å²) in [6.07, 6.45) is 26.5. The number of likely N-dealkylation sites (N-methyl/N-ethyl adjacent to an activating group) is 1. The van der Waals surface area contributed by atoms with Gasteiger partial charge < -0.3 is 24.2 Å². The molecule has 0 aliphatic carbocycles. The molecule has 1 atom stereocenters. The summed E-state index contributed by atoms with van der Waals surface area (Å²) in [7, 11) is 1.68. The van der Waals surface area contributed by atoms with Gasteiger partial charge in [-0.2, -0.15) is 0 Å². The number of hydrogen-bond donors (Lipinski definition) is 2. The van der Waals surface area contributed by atoms with Gasteiger partial charge in [0.05, 0.1) is 40.9 Å². The van der Waals surface area contributed by atoms with Crippen molar-refractivity contribution in [3.63, 3.8) is 0 Å². The Bertz CT molecular complexity index is 865. The van der Waals surface area contributed by atoms with E-state index in [0.717, 1.165) is 32.1 Å². The first-order valence-electron chi connectivity index (χ1n) is 15.1. The highest BCUT2D eigenvalue weighted by molar-refractivity contribution is 7.47. The van der Waals surface area contributed by atoms with Crippen LogP contribution < -0.4 is 5.32 Å². The van der Waals surface area contributed by atoms with Gasteiger partial charge >= 0.3 is 14.0 Å². The van der Waals surface area contributed by atoms with Gasteiger partial charge in [0.25, 0.3) is 0 Å². The lowest BCUT2D eigenvalue weighted by atomic mass is 10.2. The lowest BCUT2D eigenvalue weighted by molar-refractivity contribution is -0.870. The topological polar surface area (TPSA) is 120 Å². The lowest BCUT2D eigenvalue weighted by Gasteiger charge is -2.24. The fraction of sp³-hybridized carbons (Fsp3) is 0.677. The van der Waals surface area contributed by atoms with Gasteiger partial charge in [0.15, 0.2) is 0 Å². The molecule has 0 saturated heterocycles. The van der Waals surface area contributed by atoms with Crippen molar-refractivity contribution < 1.29 is 42.1 Å². The predicted molar refractivity (Wildman–Crippen MR) is 168 cm³/mol. The maximum atomic E-state index is 11.9. The van der Waals surface area contributed by atoms with Gasteiger partial charge in [0.2, 0.25) is 5.91 Å². The summed E-state index contributed by atoms with van der Waals surface area (Å²) in [6.45, 7) is 2.89. The second-order valence-corrected chi connectivity index (χ2v) is 12.2. The Morgan fingerprint density at radius 2 is 1.29 bits per heavy atom. The number of carbonyl (C=O) groups excluding carboxylic acids is 2. The predicted octanol–water partition coefficient (Wildman–Crippen LogP) is 6.63. The second kappa shape index (κ2) is 26.4. The van der Waals surface area contributed by atoms with Crippen LogP contribution in [0.2, 0.25) is 0 Å². The van der Waals surface area contributed by atoms with E-state index in [4.69, 9.17) is 18.5 Å². The van der Waals surface area contributed by atoms with E-state index in [2.05, 4.69) is 60.8 Å². The number of allylic oxidation sites excluding steroid dienone is 8. The third-order valence-electron chi connectivity index (χ3n) is 5.66. The van der Waals surface area contributed by atoms with Crippen molar-refractivity contribution >= 4 is 19.9 Å². The van der Waals surface area contributed by atoms with Crippen molar-refractivity contribution in [2.75, 3.05) is 60.7 Å². The Morgan fingerprint density at radius 1 is 0.738 bits per heavy atom. The van der Waals surface area contributed by atoms with Crippen molar-refractivity contribution in [1.29, 1.82) is 0 Å². The number of amides is 1. The molecular weight excluding hydrogens is 559 g/mol. The minimum atomic E-state index is -4.13. The van der Waals surface area contributed by atoms with Crippen LogP contribution >= 0.6 is 7.82 Å². The lowest BCUT2D eigenvalue weighted by Crippen LogP contribution is -2.37.